The Morgan fingerprint density at radius 1 is 1.50 bits per heavy atom. The van der Waals surface area contributed by atoms with E-state index in [1.54, 1.807) is 0 Å². The van der Waals surface area contributed by atoms with Crippen molar-refractivity contribution in [2.45, 2.75) is 64.5 Å². The van der Waals surface area contributed by atoms with Crippen LogP contribution in [0.3, 0.4) is 0 Å². The van der Waals surface area contributed by atoms with Crippen LogP contribution in [-0.2, 0) is 4.79 Å². The van der Waals surface area contributed by atoms with Crippen molar-refractivity contribution in [1.29, 1.82) is 0 Å². The van der Waals surface area contributed by atoms with Crippen molar-refractivity contribution in [3.05, 3.63) is 21.9 Å². The van der Waals surface area contributed by atoms with Gasteiger partial charge in [-0.3, -0.25) is 9.69 Å². The number of thiophene rings is 1. The number of hydrogen-bond acceptors (Lipinski definition) is 3. The number of unbranched alkanes of at least 4 members (excludes halogenated alkanes) is 1. The second-order valence-electron chi connectivity index (χ2n) is 5.69. The number of hydrogen-bond donors (Lipinski definition) is 1. The molecule has 1 aromatic rings. The first-order valence-electron chi connectivity index (χ1n) is 7.68. The molecule has 1 aliphatic heterocycles. The van der Waals surface area contributed by atoms with Crippen molar-refractivity contribution in [1.82, 2.24) is 4.90 Å². The summed E-state index contributed by atoms with van der Waals surface area (Å²) in [6, 6.07) is 4.33. The minimum absolute atomic E-state index is 0.287. The Kier molecular flexibility index (Phi) is 5.61. The number of rotatable bonds is 6. The fourth-order valence-electron chi connectivity index (χ4n) is 3.09. The van der Waals surface area contributed by atoms with Crippen LogP contribution in [0.4, 0.5) is 0 Å². The summed E-state index contributed by atoms with van der Waals surface area (Å²) in [4.78, 5) is 16.4. The van der Waals surface area contributed by atoms with E-state index in [1.807, 2.05) is 11.3 Å². The highest BCUT2D eigenvalue weighted by Gasteiger charge is 2.34. The van der Waals surface area contributed by atoms with Gasteiger partial charge in [-0.05, 0) is 44.9 Å². The number of likely N-dealkylation sites (tertiary alicyclic amines) is 1. The Hall–Kier alpha value is -0.870. The number of aliphatic carboxylic acids is 1. The normalized spacial score (nSPS) is 21.8. The lowest BCUT2D eigenvalue weighted by Crippen LogP contribution is -2.46. The number of aryl methyl sites for hydroxylation is 1. The molecule has 3 nitrogen and oxygen atoms in total. The standard InChI is InChI=1S/C16H25NO2S/c1-3-4-7-13(15-10-9-12(2)20-15)17-11-6-5-8-14(17)16(18)19/h9-10,13-14H,3-8,11H2,1-2H3,(H,18,19). The van der Waals surface area contributed by atoms with Gasteiger partial charge in [-0.15, -0.1) is 11.3 Å². The third-order valence-corrected chi connectivity index (χ3v) is 5.25. The van der Waals surface area contributed by atoms with E-state index < -0.39 is 5.97 Å². The molecule has 0 spiro atoms. The largest absolute Gasteiger partial charge is 0.480 e. The highest BCUT2D eigenvalue weighted by atomic mass is 32.1. The summed E-state index contributed by atoms with van der Waals surface area (Å²) in [5.41, 5.74) is 0. The highest BCUT2D eigenvalue weighted by molar-refractivity contribution is 7.12. The first-order valence-corrected chi connectivity index (χ1v) is 8.50. The third kappa shape index (κ3) is 3.61. The summed E-state index contributed by atoms with van der Waals surface area (Å²) >= 11 is 1.82. The fraction of sp³-hybridized carbons (Fsp3) is 0.688. The van der Waals surface area contributed by atoms with Gasteiger partial charge in [-0.1, -0.05) is 26.2 Å². The lowest BCUT2D eigenvalue weighted by atomic mass is 9.96. The van der Waals surface area contributed by atoms with Crippen LogP contribution < -0.4 is 0 Å². The monoisotopic (exact) mass is 295 g/mol. The van der Waals surface area contributed by atoms with Crippen LogP contribution in [0.1, 0.15) is 61.2 Å². The van der Waals surface area contributed by atoms with Crippen molar-refractivity contribution in [2.24, 2.45) is 0 Å². The molecule has 2 rings (SSSR count). The summed E-state index contributed by atoms with van der Waals surface area (Å²) < 4.78 is 0. The molecule has 1 fully saturated rings. The van der Waals surface area contributed by atoms with Crippen LogP contribution in [0.2, 0.25) is 0 Å². The van der Waals surface area contributed by atoms with Gasteiger partial charge in [0.25, 0.3) is 0 Å². The summed E-state index contributed by atoms with van der Waals surface area (Å²) in [5.74, 6) is -0.653. The molecule has 0 saturated carbocycles. The van der Waals surface area contributed by atoms with Crippen molar-refractivity contribution in [2.75, 3.05) is 6.54 Å². The number of carboxylic acids is 1. The summed E-state index contributed by atoms with van der Waals surface area (Å²) in [7, 11) is 0. The molecule has 2 heterocycles. The van der Waals surface area contributed by atoms with E-state index in [0.29, 0.717) is 0 Å². The minimum Gasteiger partial charge on any atom is -0.480 e. The molecule has 0 amide bonds. The number of carbonyl (C=O) groups is 1. The van der Waals surface area contributed by atoms with Crippen LogP contribution in [0.25, 0.3) is 0 Å². The van der Waals surface area contributed by atoms with E-state index in [9.17, 15) is 9.90 Å². The molecule has 0 aromatic carbocycles. The maximum Gasteiger partial charge on any atom is 0.320 e. The Bertz CT molecular complexity index is 443. The minimum atomic E-state index is -0.653. The van der Waals surface area contributed by atoms with Crippen LogP contribution in [0, 0.1) is 6.92 Å². The van der Waals surface area contributed by atoms with Gasteiger partial charge in [0, 0.05) is 15.8 Å². The van der Waals surface area contributed by atoms with Crippen molar-refractivity contribution < 1.29 is 9.90 Å². The molecule has 0 aliphatic carbocycles. The van der Waals surface area contributed by atoms with Gasteiger partial charge in [0.15, 0.2) is 0 Å². The molecule has 1 saturated heterocycles. The molecular formula is C16H25NO2S. The smallest absolute Gasteiger partial charge is 0.320 e. The molecule has 1 aliphatic rings. The van der Waals surface area contributed by atoms with Crippen molar-refractivity contribution in [3.8, 4) is 0 Å². The number of piperidine rings is 1. The average Bonchev–Trinajstić information content (AvgIpc) is 2.86. The van der Waals surface area contributed by atoms with Crippen LogP contribution in [0.5, 0.6) is 0 Å². The number of nitrogens with zero attached hydrogens (tertiary/aromatic N) is 1. The zero-order valence-corrected chi connectivity index (χ0v) is 13.3. The second kappa shape index (κ2) is 7.23. The van der Waals surface area contributed by atoms with Gasteiger partial charge in [0.1, 0.15) is 6.04 Å². The lowest BCUT2D eigenvalue weighted by Gasteiger charge is -2.39. The molecular weight excluding hydrogens is 270 g/mol. The van der Waals surface area contributed by atoms with Crippen LogP contribution in [0.15, 0.2) is 12.1 Å². The van der Waals surface area contributed by atoms with E-state index in [2.05, 4.69) is 30.9 Å². The Morgan fingerprint density at radius 3 is 2.90 bits per heavy atom. The van der Waals surface area contributed by atoms with E-state index >= 15 is 0 Å². The van der Waals surface area contributed by atoms with Gasteiger partial charge < -0.3 is 5.11 Å². The fourth-order valence-corrected chi connectivity index (χ4v) is 4.13. The maximum absolute atomic E-state index is 11.5. The molecule has 1 N–H and O–H groups in total. The first kappa shape index (κ1) is 15.5. The van der Waals surface area contributed by atoms with Gasteiger partial charge in [-0.25, -0.2) is 0 Å². The quantitative estimate of drug-likeness (QED) is 0.854. The predicted octanol–water partition coefficient (Wildman–Crippen LogP) is 4.23. The first-order chi connectivity index (χ1) is 9.63. The van der Waals surface area contributed by atoms with Gasteiger partial charge >= 0.3 is 5.97 Å². The molecule has 20 heavy (non-hydrogen) atoms. The third-order valence-electron chi connectivity index (χ3n) is 4.15. The van der Waals surface area contributed by atoms with E-state index in [-0.39, 0.29) is 12.1 Å². The molecule has 1 aromatic heterocycles. The Morgan fingerprint density at radius 2 is 2.30 bits per heavy atom. The molecule has 2 atom stereocenters. The predicted molar refractivity (Wildman–Crippen MR) is 83.3 cm³/mol. The van der Waals surface area contributed by atoms with Crippen molar-refractivity contribution in [3.63, 3.8) is 0 Å². The molecule has 0 radical (unpaired) electrons. The Labute approximate surface area is 125 Å². The zero-order valence-electron chi connectivity index (χ0n) is 12.5. The second-order valence-corrected chi connectivity index (χ2v) is 7.01. The van der Waals surface area contributed by atoms with E-state index in [1.165, 1.54) is 9.75 Å². The molecule has 0 bridgehead atoms. The topological polar surface area (TPSA) is 40.5 Å². The molecule has 4 heteroatoms. The van der Waals surface area contributed by atoms with Gasteiger partial charge in [-0.2, -0.15) is 0 Å². The summed E-state index contributed by atoms with van der Waals surface area (Å²) in [5, 5.41) is 9.50. The van der Waals surface area contributed by atoms with Gasteiger partial charge in [0.2, 0.25) is 0 Å². The van der Waals surface area contributed by atoms with Crippen LogP contribution >= 0.6 is 11.3 Å². The molecule has 112 valence electrons. The summed E-state index contributed by atoms with van der Waals surface area (Å²) in [6.07, 6.45) is 6.34. The molecule has 2 unspecified atom stereocenters. The zero-order chi connectivity index (χ0) is 14.5. The maximum atomic E-state index is 11.5. The van der Waals surface area contributed by atoms with E-state index in [4.69, 9.17) is 0 Å². The van der Waals surface area contributed by atoms with Crippen molar-refractivity contribution >= 4 is 17.3 Å². The number of carboxylic acid groups (broad SMARTS) is 1. The lowest BCUT2D eigenvalue weighted by molar-refractivity contribution is -0.146. The van der Waals surface area contributed by atoms with E-state index in [0.717, 1.165) is 45.1 Å². The van der Waals surface area contributed by atoms with Crippen LogP contribution in [-0.4, -0.2) is 28.6 Å². The highest BCUT2D eigenvalue weighted by Crippen LogP contribution is 2.35. The van der Waals surface area contributed by atoms with Gasteiger partial charge in [0.05, 0.1) is 0 Å². The SMILES string of the molecule is CCCCC(c1ccc(C)s1)N1CCCCC1C(=O)O. The Balaban J connectivity index is 2.21. The summed E-state index contributed by atoms with van der Waals surface area (Å²) in [6.45, 7) is 5.24. The average molecular weight is 295 g/mol.